The molecule has 0 amide bonds. The topological polar surface area (TPSA) is 49.7 Å². The SMILES string of the molecule is CC(C)(CO)C1=C(c2cccc(O)c2)OCC1(C)C. The van der Waals surface area contributed by atoms with Crippen molar-refractivity contribution < 1.29 is 14.9 Å². The van der Waals surface area contributed by atoms with Gasteiger partial charge in [-0.3, -0.25) is 0 Å². The van der Waals surface area contributed by atoms with Crippen LogP contribution in [-0.2, 0) is 4.74 Å². The molecule has 2 N–H and O–H groups in total. The van der Waals surface area contributed by atoms with Gasteiger partial charge in [-0.05, 0) is 17.7 Å². The maximum Gasteiger partial charge on any atom is 0.127 e. The summed E-state index contributed by atoms with van der Waals surface area (Å²) in [4.78, 5) is 0. The summed E-state index contributed by atoms with van der Waals surface area (Å²) in [7, 11) is 0. The van der Waals surface area contributed by atoms with E-state index >= 15 is 0 Å². The molecule has 0 saturated heterocycles. The monoisotopic (exact) mass is 262 g/mol. The molecule has 0 aromatic heterocycles. The molecule has 3 heteroatoms. The van der Waals surface area contributed by atoms with Crippen molar-refractivity contribution in [3.63, 3.8) is 0 Å². The van der Waals surface area contributed by atoms with Gasteiger partial charge in [-0.2, -0.15) is 0 Å². The van der Waals surface area contributed by atoms with Crippen LogP contribution in [0, 0.1) is 10.8 Å². The first kappa shape index (κ1) is 13.9. The van der Waals surface area contributed by atoms with Crippen molar-refractivity contribution in [3.8, 4) is 5.75 Å². The van der Waals surface area contributed by atoms with E-state index in [1.54, 1.807) is 18.2 Å². The lowest BCUT2D eigenvalue weighted by atomic mass is 9.70. The third-order valence-corrected chi connectivity index (χ3v) is 3.66. The number of aliphatic hydroxyl groups excluding tert-OH is 1. The summed E-state index contributed by atoms with van der Waals surface area (Å²) >= 11 is 0. The molecule has 0 fully saturated rings. The fourth-order valence-electron chi connectivity index (χ4n) is 2.88. The molecule has 0 radical (unpaired) electrons. The normalized spacial score (nSPS) is 18.6. The van der Waals surface area contributed by atoms with Crippen molar-refractivity contribution in [1.82, 2.24) is 0 Å². The van der Waals surface area contributed by atoms with Gasteiger partial charge < -0.3 is 14.9 Å². The van der Waals surface area contributed by atoms with E-state index in [1.165, 1.54) is 0 Å². The molecule has 0 unspecified atom stereocenters. The molecule has 0 atom stereocenters. The number of aliphatic hydroxyl groups is 1. The number of benzene rings is 1. The number of rotatable bonds is 3. The zero-order valence-corrected chi connectivity index (χ0v) is 12.0. The Bertz CT molecular complexity index is 512. The molecule has 0 saturated carbocycles. The van der Waals surface area contributed by atoms with E-state index in [0.717, 1.165) is 16.9 Å². The minimum absolute atomic E-state index is 0.0669. The predicted octanol–water partition coefficient (Wildman–Crippen LogP) is 3.18. The van der Waals surface area contributed by atoms with Crippen LogP contribution in [0.5, 0.6) is 5.75 Å². The van der Waals surface area contributed by atoms with Gasteiger partial charge in [0.25, 0.3) is 0 Å². The van der Waals surface area contributed by atoms with Crippen LogP contribution in [0.4, 0.5) is 0 Å². The van der Waals surface area contributed by atoms with Gasteiger partial charge in [0.1, 0.15) is 11.5 Å². The van der Waals surface area contributed by atoms with Crippen molar-refractivity contribution in [3.05, 3.63) is 35.4 Å². The van der Waals surface area contributed by atoms with E-state index in [-0.39, 0.29) is 23.2 Å². The maximum absolute atomic E-state index is 9.67. The Morgan fingerprint density at radius 3 is 2.58 bits per heavy atom. The summed E-state index contributed by atoms with van der Waals surface area (Å²) in [5, 5.41) is 19.3. The van der Waals surface area contributed by atoms with Crippen LogP contribution in [0.2, 0.25) is 0 Å². The quantitative estimate of drug-likeness (QED) is 0.879. The smallest absolute Gasteiger partial charge is 0.127 e. The molecule has 104 valence electrons. The fraction of sp³-hybridized carbons (Fsp3) is 0.500. The van der Waals surface area contributed by atoms with E-state index in [2.05, 4.69) is 13.8 Å². The highest BCUT2D eigenvalue weighted by atomic mass is 16.5. The average Bonchev–Trinajstić information content (AvgIpc) is 2.65. The second-order valence-corrected chi connectivity index (χ2v) is 6.47. The van der Waals surface area contributed by atoms with Gasteiger partial charge in [-0.15, -0.1) is 0 Å². The first-order valence-electron chi connectivity index (χ1n) is 6.56. The summed E-state index contributed by atoms with van der Waals surface area (Å²) in [6.07, 6.45) is 0. The van der Waals surface area contributed by atoms with Crippen LogP contribution in [0.1, 0.15) is 33.3 Å². The van der Waals surface area contributed by atoms with Crippen molar-refractivity contribution >= 4 is 5.76 Å². The summed E-state index contributed by atoms with van der Waals surface area (Å²) in [6.45, 7) is 8.93. The number of ether oxygens (including phenoxy) is 1. The highest BCUT2D eigenvalue weighted by molar-refractivity contribution is 5.68. The van der Waals surface area contributed by atoms with E-state index in [9.17, 15) is 10.2 Å². The molecular weight excluding hydrogens is 240 g/mol. The van der Waals surface area contributed by atoms with Crippen LogP contribution < -0.4 is 0 Å². The Balaban J connectivity index is 2.60. The molecule has 1 heterocycles. The van der Waals surface area contributed by atoms with Crippen molar-refractivity contribution in [2.45, 2.75) is 27.7 Å². The van der Waals surface area contributed by atoms with Gasteiger partial charge in [0, 0.05) is 16.4 Å². The van der Waals surface area contributed by atoms with E-state index in [4.69, 9.17) is 4.74 Å². The predicted molar refractivity (Wildman–Crippen MR) is 75.6 cm³/mol. The molecule has 1 aromatic carbocycles. The van der Waals surface area contributed by atoms with Crippen LogP contribution >= 0.6 is 0 Å². The lowest BCUT2D eigenvalue weighted by Gasteiger charge is -2.32. The summed E-state index contributed by atoms with van der Waals surface area (Å²) in [5.74, 6) is 1.01. The first-order chi connectivity index (χ1) is 8.78. The Labute approximate surface area is 114 Å². The zero-order chi connectivity index (χ0) is 14.3. The van der Waals surface area contributed by atoms with Crippen LogP contribution in [0.25, 0.3) is 5.76 Å². The van der Waals surface area contributed by atoms with Crippen LogP contribution in [0.15, 0.2) is 29.8 Å². The third-order valence-electron chi connectivity index (χ3n) is 3.66. The van der Waals surface area contributed by atoms with Gasteiger partial charge in [-0.25, -0.2) is 0 Å². The lowest BCUT2D eigenvalue weighted by molar-refractivity contribution is 0.160. The van der Waals surface area contributed by atoms with E-state index in [0.29, 0.717) is 6.61 Å². The highest BCUT2D eigenvalue weighted by Gasteiger charge is 2.43. The molecule has 19 heavy (non-hydrogen) atoms. The molecule has 0 spiro atoms. The number of phenolic OH excluding ortho intramolecular Hbond substituents is 1. The molecule has 1 aliphatic heterocycles. The van der Waals surface area contributed by atoms with Gasteiger partial charge in [0.05, 0.1) is 13.2 Å². The number of phenols is 1. The first-order valence-corrected chi connectivity index (χ1v) is 6.56. The maximum atomic E-state index is 9.67. The lowest BCUT2D eigenvalue weighted by Crippen LogP contribution is -2.29. The Hall–Kier alpha value is -1.48. The van der Waals surface area contributed by atoms with Gasteiger partial charge >= 0.3 is 0 Å². The minimum Gasteiger partial charge on any atom is -0.508 e. The van der Waals surface area contributed by atoms with E-state index in [1.807, 2.05) is 19.9 Å². The molecule has 2 rings (SSSR count). The summed E-state index contributed by atoms with van der Waals surface area (Å²) in [6, 6.07) is 7.06. The molecule has 1 aliphatic rings. The molecular formula is C16H22O3. The average molecular weight is 262 g/mol. The highest BCUT2D eigenvalue weighted by Crippen LogP contribution is 2.49. The van der Waals surface area contributed by atoms with Crippen LogP contribution in [-0.4, -0.2) is 23.4 Å². The third kappa shape index (κ3) is 2.47. The minimum atomic E-state index is -0.346. The van der Waals surface area contributed by atoms with Crippen molar-refractivity contribution in [1.29, 1.82) is 0 Å². The molecule has 0 bridgehead atoms. The van der Waals surface area contributed by atoms with E-state index < -0.39 is 0 Å². The standard InChI is InChI=1S/C16H22O3/c1-15(2,9-17)14-13(19-10-16(14,3)4)11-6-5-7-12(18)8-11/h5-8,17-18H,9-10H2,1-4H3. The molecule has 1 aromatic rings. The van der Waals surface area contributed by atoms with Gasteiger partial charge in [0.2, 0.25) is 0 Å². The summed E-state index contributed by atoms with van der Waals surface area (Å²) in [5.41, 5.74) is 1.50. The van der Waals surface area contributed by atoms with Gasteiger partial charge in [0.15, 0.2) is 0 Å². The van der Waals surface area contributed by atoms with Crippen molar-refractivity contribution in [2.75, 3.05) is 13.2 Å². The van der Waals surface area contributed by atoms with Crippen molar-refractivity contribution in [2.24, 2.45) is 10.8 Å². The second-order valence-electron chi connectivity index (χ2n) is 6.47. The zero-order valence-electron chi connectivity index (χ0n) is 12.0. The Morgan fingerprint density at radius 2 is 2.00 bits per heavy atom. The number of hydrogen-bond acceptors (Lipinski definition) is 3. The fourth-order valence-corrected chi connectivity index (χ4v) is 2.88. The molecule has 0 aliphatic carbocycles. The number of hydrogen-bond donors (Lipinski definition) is 2. The Kier molecular flexibility index (Phi) is 3.35. The largest absolute Gasteiger partial charge is 0.508 e. The Morgan fingerprint density at radius 1 is 1.32 bits per heavy atom. The second kappa shape index (κ2) is 4.57. The van der Waals surface area contributed by atoms with Crippen LogP contribution in [0.3, 0.4) is 0 Å². The number of aromatic hydroxyl groups is 1. The molecule has 3 nitrogen and oxygen atoms in total. The summed E-state index contributed by atoms with van der Waals surface area (Å²) < 4.78 is 5.87. The van der Waals surface area contributed by atoms with Gasteiger partial charge in [-0.1, -0.05) is 39.8 Å².